The molecule has 1 aliphatic carbocycles. The minimum absolute atomic E-state index is 0.0401. The van der Waals surface area contributed by atoms with Gasteiger partial charge < -0.3 is 14.5 Å². The fourth-order valence-electron chi connectivity index (χ4n) is 5.88. The topological polar surface area (TPSA) is 105 Å². The number of carbonyl (C=O) groups is 1. The van der Waals surface area contributed by atoms with Gasteiger partial charge in [0, 0.05) is 37.4 Å². The summed E-state index contributed by atoms with van der Waals surface area (Å²) in [6, 6.07) is 18.9. The smallest absolute Gasteiger partial charge is 0.296 e. The number of ether oxygens (including phenoxy) is 1. The zero-order valence-electron chi connectivity index (χ0n) is 22.9. The number of hydrogen-bond acceptors (Lipinski definition) is 7. The minimum atomic E-state index is -2.91. The lowest BCUT2D eigenvalue weighted by molar-refractivity contribution is -0.112. The maximum Gasteiger partial charge on any atom is 0.296 e. The number of carbonyl (C=O) groups excluding carboxylic acids is 1. The Morgan fingerprint density at radius 1 is 0.976 bits per heavy atom. The van der Waals surface area contributed by atoms with Gasteiger partial charge in [-0.05, 0) is 54.4 Å². The molecule has 0 amide bonds. The van der Waals surface area contributed by atoms with Crippen molar-refractivity contribution in [2.45, 2.75) is 38.3 Å². The molecule has 0 bridgehead atoms. The van der Waals surface area contributed by atoms with Crippen LogP contribution in [0.3, 0.4) is 0 Å². The lowest BCUT2D eigenvalue weighted by Gasteiger charge is -2.39. The first-order chi connectivity index (χ1) is 19.7. The van der Waals surface area contributed by atoms with E-state index in [1.807, 2.05) is 18.2 Å². The van der Waals surface area contributed by atoms with Crippen LogP contribution in [0.4, 0.5) is 0 Å². The molecule has 0 spiro atoms. The van der Waals surface area contributed by atoms with E-state index in [4.69, 9.17) is 21.3 Å². The number of hydrogen-bond donors (Lipinski definition) is 1. The van der Waals surface area contributed by atoms with Crippen molar-refractivity contribution < 1.29 is 17.9 Å². The zero-order chi connectivity index (χ0) is 28.6. The van der Waals surface area contributed by atoms with Crippen molar-refractivity contribution >= 4 is 38.9 Å². The molecule has 0 unspecified atom stereocenters. The first-order valence-electron chi connectivity index (χ1n) is 14.0. The van der Waals surface area contributed by atoms with Gasteiger partial charge in [0.05, 0.1) is 22.0 Å². The summed E-state index contributed by atoms with van der Waals surface area (Å²) < 4.78 is 29.0. The zero-order valence-corrected chi connectivity index (χ0v) is 24.5. The van der Waals surface area contributed by atoms with E-state index < -0.39 is 9.84 Å². The third-order valence-electron chi connectivity index (χ3n) is 8.02. The van der Waals surface area contributed by atoms with E-state index in [0.29, 0.717) is 22.4 Å². The largest absolute Gasteiger partial charge is 0.461 e. The number of sulfone groups is 1. The van der Waals surface area contributed by atoms with Gasteiger partial charge in [-0.15, -0.1) is 0 Å². The first kappa shape index (κ1) is 27.9. The molecular weight excluding hydrogens is 560 g/mol. The summed E-state index contributed by atoms with van der Waals surface area (Å²) >= 11 is 6.63. The molecule has 2 fully saturated rings. The second-order valence-electron chi connectivity index (χ2n) is 11.4. The summed E-state index contributed by atoms with van der Waals surface area (Å²) in [4.78, 5) is 25.7. The van der Waals surface area contributed by atoms with Crippen molar-refractivity contribution in [1.29, 1.82) is 0 Å². The second-order valence-corrected chi connectivity index (χ2v) is 14.0. The monoisotopic (exact) mass is 592 g/mol. The molecule has 3 heterocycles. The van der Waals surface area contributed by atoms with Crippen molar-refractivity contribution in [2.75, 3.05) is 25.1 Å². The van der Waals surface area contributed by atoms with E-state index in [1.54, 1.807) is 0 Å². The van der Waals surface area contributed by atoms with E-state index in [2.05, 4.69) is 51.3 Å². The minimum Gasteiger partial charge on any atom is -0.461 e. The van der Waals surface area contributed by atoms with Crippen LogP contribution in [0.5, 0.6) is 6.01 Å². The molecule has 2 aliphatic rings. The van der Waals surface area contributed by atoms with Crippen LogP contribution in [0, 0.1) is 11.8 Å². The standard InChI is InChI=1S/C31H33ClN4O4S/c1-41(38,39)19-22-16-36(17-22)15-20-2-6-23(7-3-20)24-8-10-25(11-9-24)29-27(32)14-28-30(34-29)35-31(33-28)40-26-12-4-21(18-37)5-13-26/h2-3,6-11,14,18,21-22,26H,4-5,12-13,15-17,19H2,1H3,(H,33,34,35)/t21-,26-. The number of aromatic amines is 1. The molecule has 10 heteroatoms. The van der Waals surface area contributed by atoms with Gasteiger partial charge >= 0.3 is 0 Å². The summed E-state index contributed by atoms with van der Waals surface area (Å²) in [6.07, 6.45) is 5.75. The Balaban J connectivity index is 1.09. The van der Waals surface area contributed by atoms with Crippen LogP contribution in [-0.4, -0.2) is 65.8 Å². The van der Waals surface area contributed by atoms with Crippen LogP contribution in [0.15, 0.2) is 54.6 Å². The molecule has 1 aliphatic heterocycles. The number of nitrogens with zero attached hydrogens (tertiary/aromatic N) is 3. The summed E-state index contributed by atoms with van der Waals surface area (Å²) in [5.74, 6) is 0.657. The van der Waals surface area contributed by atoms with Crippen LogP contribution >= 0.6 is 11.6 Å². The maximum absolute atomic E-state index is 11.5. The molecule has 1 saturated carbocycles. The predicted molar refractivity (Wildman–Crippen MR) is 161 cm³/mol. The Labute approximate surface area is 245 Å². The Kier molecular flexibility index (Phi) is 7.85. The maximum atomic E-state index is 11.5. The van der Waals surface area contributed by atoms with Gasteiger partial charge in [0.2, 0.25) is 0 Å². The van der Waals surface area contributed by atoms with E-state index in [1.165, 1.54) is 11.8 Å². The highest BCUT2D eigenvalue weighted by Crippen LogP contribution is 2.32. The number of rotatable bonds is 9. The average molecular weight is 593 g/mol. The molecule has 6 rings (SSSR count). The number of benzene rings is 2. The third-order valence-corrected chi connectivity index (χ3v) is 9.38. The molecule has 1 N–H and O–H groups in total. The van der Waals surface area contributed by atoms with Crippen LogP contribution in [0.25, 0.3) is 33.5 Å². The normalized spacial score (nSPS) is 20.1. The van der Waals surface area contributed by atoms with Crippen molar-refractivity contribution in [3.8, 4) is 28.4 Å². The number of nitrogens with one attached hydrogen (secondary N) is 1. The molecule has 0 atom stereocenters. The molecule has 1 saturated heterocycles. The van der Waals surface area contributed by atoms with Crippen molar-refractivity contribution in [2.24, 2.45) is 11.8 Å². The van der Waals surface area contributed by atoms with Crippen LogP contribution in [0.2, 0.25) is 5.02 Å². The number of pyridine rings is 1. The number of imidazole rings is 1. The summed E-state index contributed by atoms with van der Waals surface area (Å²) in [5.41, 5.74) is 6.25. The van der Waals surface area contributed by atoms with Gasteiger partial charge in [-0.3, -0.25) is 4.90 Å². The summed E-state index contributed by atoms with van der Waals surface area (Å²) in [6.45, 7) is 2.48. The molecule has 2 aromatic carbocycles. The van der Waals surface area contributed by atoms with Gasteiger partial charge in [0.15, 0.2) is 5.65 Å². The molecule has 214 valence electrons. The molecule has 4 aromatic rings. The molecule has 2 aromatic heterocycles. The molecular formula is C31H33ClN4O4S. The number of H-pyrrole nitrogens is 1. The van der Waals surface area contributed by atoms with Crippen LogP contribution in [0.1, 0.15) is 31.2 Å². The third kappa shape index (κ3) is 6.63. The van der Waals surface area contributed by atoms with Gasteiger partial charge in [0.1, 0.15) is 22.2 Å². The Morgan fingerprint density at radius 2 is 1.61 bits per heavy atom. The molecule has 8 nitrogen and oxygen atoms in total. The Hall–Kier alpha value is -3.27. The van der Waals surface area contributed by atoms with Crippen molar-refractivity contribution in [1.82, 2.24) is 19.9 Å². The highest BCUT2D eigenvalue weighted by atomic mass is 35.5. The van der Waals surface area contributed by atoms with Crippen molar-refractivity contribution in [3.63, 3.8) is 0 Å². The van der Waals surface area contributed by atoms with E-state index in [-0.39, 0.29) is 23.7 Å². The Bertz CT molecular complexity index is 1640. The van der Waals surface area contributed by atoms with Gasteiger partial charge in [-0.1, -0.05) is 60.1 Å². The fourth-order valence-corrected chi connectivity index (χ4v) is 7.20. The second kappa shape index (κ2) is 11.5. The highest BCUT2D eigenvalue weighted by Gasteiger charge is 2.29. The average Bonchev–Trinajstić information content (AvgIpc) is 3.32. The van der Waals surface area contributed by atoms with Gasteiger partial charge in [-0.25, -0.2) is 13.4 Å². The van der Waals surface area contributed by atoms with Crippen LogP contribution in [-0.2, 0) is 21.2 Å². The summed E-state index contributed by atoms with van der Waals surface area (Å²) in [7, 11) is -2.91. The van der Waals surface area contributed by atoms with Crippen molar-refractivity contribution in [3.05, 3.63) is 65.2 Å². The van der Waals surface area contributed by atoms with Gasteiger partial charge in [0.25, 0.3) is 6.01 Å². The summed E-state index contributed by atoms with van der Waals surface area (Å²) in [5, 5.41) is 0.529. The Morgan fingerprint density at radius 3 is 2.24 bits per heavy atom. The van der Waals surface area contributed by atoms with Crippen LogP contribution < -0.4 is 4.74 Å². The SMILES string of the molecule is CS(=O)(=O)CC1CN(Cc2ccc(-c3ccc(-c4nc5nc(O[C@H]6CC[C@H](C=O)CC6)[nH]c5cc4Cl)cc3)cc2)C1. The number of aldehydes is 1. The molecule has 41 heavy (non-hydrogen) atoms. The number of halogens is 1. The first-order valence-corrected chi connectivity index (χ1v) is 16.4. The quantitative estimate of drug-likeness (QED) is 0.254. The number of fused-ring (bicyclic) bond motifs is 1. The predicted octanol–water partition coefficient (Wildman–Crippen LogP) is 5.56. The van der Waals surface area contributed by atoms with E-state index in [0.717, 1.165) is 73.8 Å². The van der Waals surface area contributed by atoms with E-state index in [9.17, 15) is 13.2 Å². The number of likely N-dealkylation sites (tertiary alicyclic amines) is 1. The van der Waals surface area contributed by atoms with E-state index >= 15 is 0 Å². The molecule has 0 radical (unpaired) electrons. The van der Waals surface area contributed by atoms with Gasteiger partial charge in [-0.2, -0.15) is 4.98 Å². The lowest BCUT2D eigenvalue weighted by atomic mass is 9.88. The lowest BCUT2D eigenvalue weighted by Crippen LogP contribution is -2.48. The fraction of sp³-hybridized carbons (Fsp3) is 0.387. The highest BCUT2D eigenvalue weighted by molar-refractivity contribution is 7.90. The number of aromatic nitrogens is 3.